The van der Waals surface area contributed by atoms with E-state index in [1.54, 1.807) is 19.0 Å². The molecule has 25 heavy (non-hydrogen) atoms. The fourth-order valence-electron chi connectivity index (χ4n) is 2.91. The molecule has 1 amide bonds. The maximum Gasteiger partial charge on any atom is 0.222 e. The summed E-state index contributed by atoms with van der Waals surface area (Å²) in [7, 11) is 3.59. The third-order valence-corrected chi connectivity index (χ3v) is 4.26. The molecule has 0 aliphatic rings. The number of hydrogen-bond acceptors (Lipinski definition) is 2. The van der Waals surface area contributed by atoms with Crippen LogP contribution in [0.5, 0.6) is 0 Å². The van der Waals surface area contributed by atoms with Crippen LogP contribution < -0.4 is 0 Å². The van der Waals surface area contributed by atoms with E-state index in [1.807, 2.05) is 36.7 Å². The Balaban J connectivity index is 1.85. The molecule has 1 heterocycles. The number of carbonyl (C=O) groups is 1. The van der Waals surface area contributed by atoms with E-state index in [0.29, 0.717) is 6.42 Å². The minimum Gasteiger partial charge on any atom is -0.349 e. The summed E-state index contributed by atoms with van der Waals surface area (Å²) in [6.45, 7) is 0.776. The monoisotopic (exact) mass is 333 g/mol. The van der Waals surface area contributed by atoms with Gasteiger partial charge in [0.2, 0.25) is 5.91 Å². The van der Waals surface area contributed by atoms with Gasteiger partial charge in [0.05, 0.1) is 0 Å². The molecular weight excluding hydrogens is 310 g/mol. The van der Waals surface area contributed by atoms with Crippen LogP contribution >= 0.6 is 0 Å². The molecule has 3 aromatic rings. The zero-order chi connectivity index (χ0) is 17.6. The lowest BCUT2D eigenvalue weighted by molar-refractivity contribution is -0.128. The molecule has 128 valence electrons. The molecule has 0 N–H and O–H groups in total. The highest BCUT2D eigenvalue weighted by molar-refractivity contribution is 5.80. The first-order valence-corrected chi connectivity index (χ1v) is 8.53. The van der Waals surface area contributed by atoms with Crippen LogP contribution in [0.3, 0.4) is 0 Å². The summed E-state index contributed by atoms with van der Waals surface area (Å²) in [6, 6.07) is 18.7. The first kappa shape index (κ1) is 17.0. The van der Waals surface area contributed by atoms with Crippen molar-refractivity contribution >= 4 is 5.91 Å². The average molecular weight is 333 g/mol. The highest BCUT2D eigenvalue weighted by atomic mass is 16.2. The Kier molecular flexibility index (Phi) is 5.29. The first-order chi connectivity index (χ1) is 12.2. The second-order valence-electron chi connectivity index (χ2n) is 6.25. The number of carbonyl (C=O) groups excluding carboxylic acids is 1. The van der Waals surface area contributed by atoms with E-state index in [9.17, 15) is 4.79 Å². The molecule has 0 unspecified atom stereocenters. The summed E-state index contributed by atoms with van der Waals surface area (Å²) in [5, 5.41) is 0. The molecule has 0 atom stereocenters. The smallest absolute Gasteiger partial charge is 0.222 e. The molecule has 0 bridgehead atoms. The van der Waals surface area contributed by atoms with Gasteiger partial charge in [-0.05, 0) is 17.5 Å². The second-order valence-corrected chi connectivity index (χ2v) is 6.25. The number of aryl methyl sites for hydroxylation is 1. The van der Waals surface area contributed by atoms with Gasteiger partial charge in [-0.1, -0.05) is 54.6 Å². The Morgan fingerprint density at radius 3 is 2.40 bits per heavy atom. The molecule has 0 saturated carbocycles. The van der Waals surface area contributed by atoms with E-state index in [-0.39, 0.29) is 5.91 Å². The van der Waals surface area contributed by atoms with Crippen LogP contribution in [0.15, 0.2) is 67.0 Å². The Hall–Kier alpha value is -2.88. The lowest BCUT2D eigenvalue weighted by atomic mass is 9.99. The van der Waals surface area contributed by atoms with Gasteiger partial charge < -0.3 is 9.47 Å². The van der Waals surface area contributed by atoms with Gasteiger partial charge in [0.1, 0.15) is 5.82 Å². The minimum atomic E-state index is 0.159. The predicted octanol–water partition coefficient (Wildman–Crippen LogP) is 4.09. The number of amides is 1. The molecule has 3 rings (SSSR count). The third-order valence-electron chi connectivity index (χ3n) is 4.26. The fourth-order valence-corrected chi connectivity index (χ4v) is 2.91. The van der Waals surface area contributed by atoms with Crippen LogP contribution in [-0.2, 0) is 11.3 Å². The summed E-state index contributed by atoms with van der Waals surface area (Å²) >= 11 is 0. The zero-order valence-electron chi connectivity index (χ0n) is 14.7. The van der Waals surface area contributed by atoms with Gasteiger partial charge in [0, 0.05) is 45.0 Å². The number of imidazole rings is 1. The van der Waals surface area contributed by atoms with Gasteiger partial charge in [-0.2, -0.15) is 0 Å². The van der Waals surface area contributed by atoms with Gasteiger partial charge in [-0.3, -0.25) is 4.79 Å². The lowest BCUT2D eigenvalue weighted by Crippen LogP contribution is -2.21. The Morgan fingerprint density at radius 2 is 1.68 bits per heavy atom. The van der Waals surface area contributed by atoms with E-state index in [0.717, 1.165) is 24.4 Å². The zero-order valence-corrected chi connectivity index (χ0v) is 14.7. The summed E-state index contributed by atoms with van der Waals surface area (Å²) in [6.07, 6.45) is 5.15. The average Bonchev–Trinajstić information content (AvgIpc) is 3.10. The van der Waals surface area contributed by atoms with Crippen molar-refractivity contribution in [2.75, 3.05) is 14.1 Å². The lowest BCUT2D eigenvalue weighted by Gasteiger charge is -2.13. The fraction of sp³-hybridized carbons (Fsp3) is 0.238. The predicted molar refractivity (Wildman–Crippen MR) is 101 cm³/mol. The quantitative estimate of drug-likeness (QED) is 0.681. The van der Waals surface area contributed by atoms with Crippen LogP contribution in [0, 0.1) is 0 Å². The van der Waals surface area contributed by atoms with Crippen molar-refractivity contribution in [3.63, 3.8) is 0 Å². The molecule has 0 saturated heterocycles. The third kappa shape index (κ3) is 3.97. The van der Waals surface area contributed by atoms with Crippen LogP contribution in [0.1, 0.15) is 12.8 Å². The van der Waals surface area contributed by atoms with Crippen LogP contribution in [0.4, 0.5) is 0 Å². The maximum atomic E-state index is 11.8. The highest BCUT2D eigenvalue weighted by Crippen LogP contribution is 2.31. The van der Waals surface area contributed by atoms with E-state index >= 15 is 0 Å². The number of hydrogen-bond donors (Lipinski definition) is 0. The Morgan fingerprint density at radius 1 is 1.00 bits per heavy atom. The summed E-state index contributed by atoms with van der Waals surface area (Å²) in [4.78, 5) is 18.0. The van der Waals surface area contributed by atoms with Crippen molar-refractivity contribution in [3.05, 3.63) is 67.0 Å². The molecule has 0 aliphatic heterocycles. The molecule has 0 fully saturated rings. The first-order valence-electron chi connectivity index (χ1n) is 8.53. The van der Waals surface area contributed by atoms with E-state index in [2.05, 4.69) is 39.9 Å². The van der Waals surface area contributed by atoms with Gasteiger partial charge in [0.25, 0.3) is 0 Å². The molecule has 0 radical (unpaired) electrons. The minimum absolute atomic E-state index is 0.159. The van der Waals surface area contributed by atoms with Gasteiger partial charge >= 0.3 is 0 Å². The number of nitrogens with zero attached hydrogens (tertiary/aromatic N) is 3. The van der Waals surface area contributed by atoms with Gasteiger partial charge in [-0.15, -0.1) is 0 Å². The summed E-state index contributed by atoms with van der Waals surface area (Å²) in [5.74, 6) is 1.10. The van der Waals surface area contributed by atoms with E-state index in [1.165, 1.54) is 11.1 Å². The molecular formula is C21H23N3O. The molecule has 0 aliphatic carbocycles. The number of benzene rings is 2. The van der Waals surface area contributed by atoms with Crippen molar-refractivity contribution in [1.82, 2.24) is 14.5 Å². The van der Waals surface area contributed by atoms with Crippen molar-refractivity contribution in [2.24, 2.45) is 0 Å². The van der Waals surface area contributed by atoms with Crippen molar-refractivity contribution in [2.45, 2.75) is 19.4 Å². The van der Waals surface area contributed by atoms with E-state index < -0.39 is 0 Å². The summed E-state index contributed by atoms with van der Waals surface area (Å²) in [5.41, 5.74) is 3.45. The Labute approximate surface area is 148 Å². The summed E-state index contributed by atoms with van der Waals surface area (Å²) < 4.78 is 2.13. The molecule has 4 nitrogen and oxygen atoms in total. The van der Waals surface area contributed by atoms with Crippen LogP contribution in [0.25, 0.3) is 22.5 Å². The van der Waals surface area contributed by atoms with Crippen molar-refractivity contribution < 1.29 is 4.79 Å². The van der Waals surface area contributed by atoms with Gasteiger partial charge in [0.15, 0.2) is 0 Å². The highest BCUT2D eigenvalue weighted by Gasteiger charge is 2.12. The molecule has 4 heteroatoms. The van der Waals surface area contributed by atoms with Crippen molar-refractivity contribution in [1.29, 1.82) is 0 Å². The van der Waals surface area contributed by atoms with Gasteiger partial charge in [-0.25, -0.2) is 4.98 Å². The standard InChI is InChI=1S/C21H23N3O/c1-23(2)20(25)13-8-15-24-16-14-22-21(24)19-12-7-6-11-18(19)17-9-4-3-5-10-17/h3-7,9-12,14,16H,8,13,15H2,1-2H3. The van der Waals surface area contributed by atoms with Crippen LogP contribution in [0.2, 0.25) is 0 Å². The number of aromatic nitrogens is 2. The van der Waals surface area contributed by atoms with E-state index in [4.69, 9.17) is 0 Å². The molecule has 1 aromatic heterocycles. The Bertz CT molecular complexity index is 837. The topological polar surface area (TPSA) is 38.1 Å². The SMILES string of the molecule is CN(C)C(=O)CCCn1ccnc1-c1ccccc1-c1ccccc1. The largest absolute Gasteiger partial charge is 0.349 e. The number of rotatable bonds is 6. The molecule has 2 aromatic carbocycles. The van der Waals surface area contributed by atoms with Crippen LogP contribution in [-0.4, -0.2) is 34.5 Å². The van der Waals surface area contributed by atoms with Crippen molar-refractivity contribution in [3.8, 4) is 22.5 Å². The second kappa shape index (κ2) is 7.79. The normalized spacial score (nSPS) is 10.6. The molecule has 0 spiro atoms. The maximum absolute atomic E-state index is 11.8.